The lowest BCUT2D eigenvalue weighted by Crippen LogP contribution is -2.32. The van der Waals surface area contributed by atoms with Gasteiger partial charge in [-0.1, -0.05) is 6.92 Å². The Balaban J connectivity index is 2.13. The molecule has 2 unspecified atom stereocenters. The molecule has 7 heteroatoms. The summed E-state index contributed by atoms with van der Waals surface area (Å²) < 4.78 is 37.0. The van der Waals surface area contributed by atoms with Gasteiger partial charge in [-0.15, -0.1) is 0 Å². The van der Waals surface area contributed by atoms with Crippen molar-refractivity contribution in [3.05, 3.63) is 29.6 Å². The first-order valence-electron chi connectivity index (χ1n) is 5.87. The van der Waals surface area contributed by atoms with Crippen LogP contribution in [-0.2, 0) is 6.18 Å². The molecule has 2 rings (SSSR count). The smallest absolute Gasteiger partial charge is 0.337 e. The van der Waals surface area contributed by atoms with E-state index in [4.69, 9.17) is 5.73 Å². The topological polar surface area (TPSA) is 59.2 Å². The average Bonchev–Trinajstić information content (AvgIpc) is 2.68. The maximum Gasteiger partial charge on any atom is 0.433 e. The van der Waals surface area contributed by atoms with E-state index in [1.165, 1.54) is 0 Å². The molecule has 0 aliphatic carbocycles. The molecule has 1 amide bonds. The Morgan fingerprint density at radius 2 is 2.11 bits per heavy atom. The number of rotatable bonds is 1. The van der Waals surface area contributed by atoms with Crippen LogP contribution in [0.25, 0.3) is 0 Å². The van der Waals surface area contributed by atoms with Gasteiger partial charge >= 0.3 is 6.18 Å². The van der Waals surface area contributed by atoms with Crippen LogP contribution in [-0.4, -0.2) is 34.9 Å². The molecular weight excluding hydrogens is 259 g/mol. The first kappa shape index (κ1) is 13.8. The predicted molar refractivity (Wildman–Crippen MR) is 62.3 cm³/mol. The van der Waals surface area contributed by atoms with Gasteiger partial charge in [-0.3, -0.25) is 9.78 Å². The third-order valence-electron chi connectivity index (χ3n) is 3.26. The SMILES string of the molecule is CC1CN(C(=O)c2ccc(C(F)(F)F)nc2)CC1N. The number of alkyl halides is 3. The summed E-state index contributed by atoms with van der Waals surface area (Å²) in [5.74, 6) is -0.146. The molecule has 2 atom stereocenters. The second-order valence-corrected chi connectivity index (χ2v) is 4.78. The van der Waals surface area contributed by atoms with Crippen molar-refractivity contribution in [2.45, 2.75) is 19.1 Å². The summed E-state index contributed by atoms with van der Waals surface area (Å²) in [6.45, 7) is 2.87. The lowest BCUT2D eigenvalue weighted by Gasteiger charge is -2.16. The summed E-state index contributed by atoms with van der Waals surface area (Å²) in [6.07, 6.45) is -3.54. The molecule has 0 aromatic carbocycles. The number of nitrogens with zero attached hydrogens (tertiary/aromatic N) is 2. The van der Waals surface area contributed by atoms with Gasteiger partial charge in [0.25, 0.3) is 5.91 Å². The van der Waals surface area contributed by atoms with Gasteiger partial charge in [0.15, 0.2) is 0 Å². The Morgan fingerprint density at radius 1 is 1.42 bits per heavy atom. The van der Waals surface area contributed by atoms with Crippen molar-refractivity contribution in [1.29, 1.82) is 0 Å². The number of aromatic nitrogens is 1. The normalized spacial score (nSPS) is 23.7. The summed E-state index contributed by atoms with van der Waals surface area (Å²) in [4.78, 5) is 16.9. The van der Waals surface area contributed by atoms with Crippen LogP contribution >= 0.6 is 0 Å². The molecule has 1 saturated heterocycles. The molecule has 0 bridgehead atoms. The molecule has 2 N–H and O–H groups in total. The number of likely N-dealkylation sites (tertiary alicyclic amines) is 1. The lowest BCUT2D eigenvalue weighted by molar-refractivity contribution is -0.141. The highest BCUT2D eigenvalue weighted by atomic mass is 19.4. The molecule has 1 aromatic rings. The van der Waals surface area contributed by atoms with E-state index in [9.17, 15) is 18.0 Å². The quantitative estimate of drug-likeness (QED) is 0.844. The van der Waals surface area contributed by atoms with Crippen LogP contribution in [0.4, 0.5) is 13.2 Å². The molecular formula is C12H14F3N3O. The van der Waals surface area contributed by atoms with Crippen LogP contribution in [0.1, 0.15) is 23.0 Å². The third kappa shape index (κ3) is 2.86. The Kier molecular flexibility index (Phi) is 3.49. The number of halogens is 3. The maximum absolute atomic E-state index is 12.3. The number of nitrogens with two attached hydrogens (primary N) is 1. The number of hydrogen-bond donors (Lipinski definition) is 1. The third-order valence-corrected chi connectivity index (χ3v) is 3.26. The summed E-state index contributed by atoms with van der Waals surface area (Å²) in [6, 6.07) is 1.87. The van der Waals surface area contributed by atoms with E-state index < -0.39 is 11.9 Å². The Morgan fingerprint density at radius 3 is 2.53 bits per heavy atom. The van der Waals surface area contributed by atoms with Crippen molar-refractivity contribution in [3.63, 3.8) is 0 Å². The molecule has 1 aliphatic heterocycles. The average molecular weight is 273 g/mol. The minimum absolute atomic E-state index is 0.0913. The monoisotopic (exact) mass is 273 g/mol. The van der Waals surface area contributed by atoms with Crippen LogP contribution in [0.5, 0.6) is 0 Å². The number of amides is 1. The fourth-order valence-electron chi connectivity index (χ4n) is 2.03. The van der Waals surface area contributed by atoms with E-state index in [-0.39, 0.29) is 23.4 Å². The van der Waals surface area contributed by atoms with Crippen LogP contribution < -0.4 is 5.73 Å². The Labute approximate surface area is 108 Å². The highest BCUT2D eigenvalue weighted by Crippen LogP contribution is 2.27. The van der Waals surface area contributed by atoms with Gasteiger partial charge < -0.3 is 10.6 Å². The maximum atomic E-state index is 12.3. The Bertz CT molecular complexity index is 462. The van der Waals surface area contributed by atoms with Gasteiger partial charge in [0.1, 0.15) is 5.69 Å². The molecule has 4 nitrogen and oxygen atoms in total. The van der Waals surface area contributed by atoms with Crippen LogP contribution in [0.3, 0.4) is 0 Å². The molecule has 1 aliphatic rings. The molecule has 0 saturated carbocycles. The first-order chi connectivity index (χ1) is 8.79. The summed E-state index contributed by atoms with van der Waals surface area (Å²) in [7, 11) is 0. The molecule has 0 radical (unpaired) electrons. The highest BCUT2D eigenvalue weighted by molar-refractivity contribution is 5.94. The summed E-state index contributed by atoms with van der Waals surface area (Å²) in [5, 5.41) is 0. The van der Waals surface area contributed by atoms with Crippen molar-refractivity contribution in [2.24, 2.45) is 11.7 Å². The standard InChI is InChI=1S/C12H14F3N3O/c1-7-5-18(6-9(7)16)11(19)8-2-3-10(17-4-8)12(13,14)15/h2-4,7,9H,5-6,16H2,1H3. The molecule has 19 heavy (non-hydrogen) atoms. The fraction of sp³-hybridized carbons (Fsp3) is 0.500. The Hall–Kier alpha value is -1.63. The van der Waals surface area contributed by atoms with Gasteiger partial charge in [-0.25, -0.2) is 0 Å². The zero-order valence-electron chi connectivity index (χ0n) is 10.3. The zero-order chi connectivity index (χ0) is 14.2. The van der Waals surface area contributed by atoms with E-state index in [0.717, 1.165) is 18.3 Å². The van der Waals surface area contributed by atoms with Gasteiger partial charge in [-0.05, 0) is 18.1 Å². The van der Waals surface area contributed by atoms with Crippen molar-refractivity contribution in [3.8, 4) is 0 Å². The van der Waals surface area contributed by atoms with Gasteiger partial charge in [0, 0.05) is 25.3 Å². The van der Waals surface area contributed by atoms with Crippen molar-refractivity contribution >= 4 is 5.91 Å². The largest absolute Gasteiger partial charge is 0.433 e. The summed E-state index contributed by atoms with van der Waals surface area (Å²) >= 11 is 0. The van der Waals surface area contributed by atoms with Crippen LogP contribution in [0, 0.1) is 5.92 Å². The zero-order valence-corrected chi connectivity index (χ0v) is 10.3. The fourth-order valence-corrected chi connectivity index (χ4v) is 2.03. The van der Waals surface area contributed by atoms with E-state index in [0.29, 0.717) is 13.1 Å². The molecule has 1 fully saturated rings. The van der Waals surface area contributed by atoms with Gasteiger partial charge in [-0.2, -0.15) is 13.2 Å². The van der Waals surface area contributed by atoms with Crippen molar-refractivity contribution in [1.82, 2.24) is 9.88 Å². The van der Waals surface area contributed by atoms with Crippen molar-refractivity contribution < 1.29 is 18.0 Å². The van der Waals surface area contributed by atoms with Gasteiger partial charge in [0.2, 0.25) is 0 Å². The highest BCUT2D eigenvalue weighted by Gasteiger charge is 2.33. The number of hydrogen-bond acceptors (Lipinski definition) is 3. The minimum atomic E-state index is -4.49. The van der Waals surface area contributed by atoms with Crippen molar-refractivity contribution in [2.75, 3.05) is 13.1 Å². The van der Waals surface area contributed by atoms with Crippen LogP contribution in [0.15, 0.2) is 18.3 Å². The van der Waals surface area contributed by atoms with E-state index in [1.807, 2.05) is 6.92 Å². The molecule has 0 spiro atoms. The number of carbonyl (C=O) groups is 1. The van der Waals surface area contributed by atoms with Crippen LogP contribution in [0.2, 0.25) is 0 Å². The minimum Gasteiger partial charge on any atom is -0.337 e. The van der Waals surface area contributed by atoms with E-state index in [1.54, 1.807) is 4.90 Å². The second-order valence-electron chi connectivity index (χ2n) is 4.78. The predicted octanol–water partition coefficient (Wildman–Crippen LogP) is 1.52. The van der Waals surface area contributed by atoms with E-state index in [2.05, 4.69) is 4.98 Å². The second kappa shape index (κ2) is 4.80. The first-order valence-corrected chi connectivity index (χ1v) is 5.87. The van der Waals surface area contributed by atoms with Gasteiger partial charge in [0.05, 0.1) is 5.56 Å². The molecule has 104 valence electrons. The number of pyridine rings is 1. The molecule has 1 aromatic heterocycles. The summed E-state index contributed by atoms with van der Waals surface area (Å²) in [5.41, 5.74) is 4.95. The molecule has 2 heterocycles. The number of carbonyl (C=O) groups excluding carboxylic acids is 1. The lowest BCUT2D eigenvalue weighted by atomic mass is 10.1. The van der Waals surface area contributed by atoms with E-state index >= 15 is 0 Å².